The molecule has 7 rings (SSSR count). The molecule has 2 aromatic rings. The average Bonchev–Trinajstić information content (AvgIpc) is 3.50. The fourth-order valence-corrected chi connectivity index (χ4v) is 8.17. The van der Waals surface area contributed by atoms with Crippen molar-refractivity contribution in [3.63, 3.8) is 0 Å². The topological polar surface area (TPSA) is 193 Å². The zero-order valence-electron chi connectivity index (χ0n) is 32.0. The average molecular weight is 784 g/mol. The lowest BCUT2D eigenvalue weighted by molar-refractivity contribution is -0.374. The highest BCUT2D eigenvalue weighted by atomic mass is 16.8. The standard InChI is InChI=1S/C40H53N3O13/c1-21-17-29-33(34-30(43(4)40(48)55-34)36(53-29)56-37-32(45)31(44)22(2)23(3)51-37)54-35(21)52-28-16-15-26(41-38(46)49-19-24-11-7-5-8-12-24)18-27(28)42-39(47)50-20-25-13-9-6-10-14-25/h5-14,21-23,26-37,44-45H,15-20H2,1-4H3,(H,41,46)(H,42,47)/t21?,22-,23?,26+,27?,28+,29+,30?,31-,32?,33?,34?,35+,36?,37-/m1/s1. The molecule has 5 fully saturated rings. The Labute approximate surface area is 326 Å². The summed E-state index contributed by atoms with van der Waals surface area (Å²) in [6, 6.07) is 17.1. The van der Waals surface area contributed by atoms with Crippen LogP contribution in [0.3, 0.4) is 0 Å². The number of rotatable bonds is 10. The van der Waals surface area contributed by atoms with Gasteiger partial charge in [-0.15, -0.1) is 0 Å². The summed E-state index contributed by atoms with van der Waals surface area (Å²) in [4.78, 5) is 40.2. The Hall–Kier alpha value is -4.03. The summed E-state index contributed by atoms with van der Waals surface area (Å²) in [5.74, 6) is -0.530. The second-order valence-corrected chi connectivity index (χ2v) is 15.6. The Morgan fingerprint density at radius 1 is 0.768 bits per heavy atom. The lowest BCUT2D eigenvalue weighted by atomic mass is 9.86. The fraction of sp³-hybridized carbons (Fsp3) is 0.625. The van der Waals surface area contributed by atoms with Gasteiger partial charge < -0.3 is 58.7 Å². The van der Waals surface area contributed by atoms with E-state index in [1.54, 1.807) is 20.9 Å². The minimum absolute atomic E-state index is 0.0786. The molecule has 2 aromatic carbocycles. The van der Waals surface area contributed by atoms with E-state index in [-0.39, 0.29) is 31.1 Å². The maximum atomic E-state index is 13.1. The van der Waals surface area contributed by atoms with Crippen molar-refractivity contribution in [1.82, 2.24) is 15.5 Å². The van der Waals surface area contributed by atoms with Crippen LogP contribution in [0.25, 0.3) is 0 Å². The molecule has 1 aliphatic carbocycles. The molecule has 4 aliphatic heterocycles. The highest BCUT2D eigenvalue weighted by molar-refractivity contribution is 5.71. The molecule has 306 valence electrons. The lowest BCUT2D eigenvalue weighted by Gasteiger charge is -2.50. The summed E-state index contributed by atoms with van der Waals surface area (Å²) in [5.41, 5.74) is 1.70. The van der Waals surface area contributed by atoms with E-state index in [0.717, 1.165) is 11.1 Å². The van der Waals surface area contributed by atoms with Gasteiger partial charge in [-0.2, -0.15) is 0 Å². The van der Waals surface area contributed by atoms with E-state index in [9.17, 15) is 24.6 Å². The summed E-state index contributed by atoms with van der Waals surface area (Å²) < 4.78 is 48.6. The van der Waals surface area contributed by atoms with Crippen molar-refractivity contribution in [2.45, 2.75) is 139 Å². The fourth-order valence-electron chi connectivity index (χ4n) is 8.17. The van der Waals surface area contributed by atoms with Crippen LogP contribution in [0, 0.1) is 11.8 Å². The van der Waals surface area contributed by atoms with Gasteiger partial charge in [0.25, 0.3) is 0 Å². The van der Waals surface area contributed by atoms with E-state index >= 15 is 0 Å². The van der Waals surface area contributed by atoms with Gasteiger partial charge in [0.2, 0.25) is 0 Å². The van der Waals surface area contributed by atoms with Crippen LogP contribution in [0.4, 0.5) is 14.4 Å². The summed E-state index contributed by atoms with van der Waals surface area (Å²) in [6.07, 6.45) is -8.39. The molecule has 4 saturated heterocycles. The van der Waals surface area contributed by atoms with E-state index in [1.807, 2.05) is 67.6 Å². The number of aliphatic hydroxyl groups excluding tert-OH is 2. The summed E-state index contributed by atoms with van der Waals surface area (Å²) in [6.45, 7) is 5.73. The first-order valence-electron chi connectivity index (χ1n) is 19.5. The number of aliphatic hydroxyl groups is 2. The van der Waals surface area contributed by atoms with Crippen LogP contribution in [0.15, 0.2) is 60.7 Å². The molecule has 1 saturated carbocycles. The molecule has 16 nitrogen and oxygen atoms in total. The van der Waals surface area contributed by atoms with Crippen molar-refractivity contribution in [3.05, 3.63) is 71.8 Å². The summed E-state index contributed by atoms with van der Waals surface area (Å²) in [7, 11) is 1.57. The smallest absolute Gasteiger partial charge is 0.410 e. The first-order valence-corrected chi connectivity index (χ1v) is 19.5. The number of nitrogens with zero attached hydrogens (tertiary/aromatic N) is 1. The van der Waals surface area contributed by atoms with Gasteiger partial charge in [0.05, 0.1) is 30.5 Å². The lowest BCUT2D eigenvalue weighted by Crippen LogP contribution is -2.65. The zero-order valence-corrected chi connectivity index (χ0v) is 32.0. The monoisotopic (exact) mass is 783 g/mol. The molecule has 3 amide bonds. The predicted molar refractivity (Wildman–Crippen MR) is 195 cm³/mol. The molecule has 5 aliphatic rings. The molecular formula is C40H53N3O13. The normalized spacial score (nSPS) is 38.1. The summed E-state index contributed by atoms with van der Waals surface area (Å²) >= 11 is 0. The number of benzene rings is 2. The maximum absolute atomic E-state index is 13.1. The molecule has 0 radical (unpaired) electrons. The Kier molecular flexibility index (Phi) is 12.6. The maximum Gasteiger partial charge on any atom is 0.410 e. The Morgan fingerprint density at radius 3 is 2.07 bits per heavy atom. The number of carbonyl (C=O) groups is 3. The number of alkyl carbamates (subject to hydrolysis) is 2. The van der Waals surface area contributed by atoms with E-state index < -0.39 is 92.0 Å². The van der Waals surface area contributed by atoms with Gasteiger partial charge in [-0.1, -0.05) is 74.5 Å². The quantitative estimate of drug-likeness (QED) is 0.256. The van der Waals surface area contributed by atoms with E-state index in [2.05, 4.69) is 10.6 Å². The summed E-state index contributed by atoms with van der Waals surface area (Å²) in [5, 5.41) is 27.3. The number of nitrogens with one attached hydrogen (secondary N) is 2. The molecule has 8 unspecified atom stereocenters. The zero-order chi connectivity index (χ0) is 39.5. The van der Waals surface area contributed by atoms with Gasteiger partial charge >= 0.3 is 18.3 Å². The molecule has 0 bridgehead atoms. The minimum atomic E-state index is -1.33. The Balaban J connectivity index is 1.01. The third-order valence-corrected chi connectivity index (χ3v) is 11.6. The van der Waals surface area contributed by atoms with Crippen molar-refractivity contribution in [2.24, 2.45) is 11.8 Å². The van der Waals surface area contributed by atoms with Crippen molar-refractivity contribution in [2.75, 3.05) is 7.05 Å². The Morgan fingerprint density at radius 2 is 1.41 bits per heavy atom. The van der Waals surface area contributed by atoms with Crippen LogP contribution in [-0.4, -0.2) is 120 Å². The number of hydrogen-bond acceptors (Lipinski definition) is 13. The number of carbonyl (C=O) groups excluding carboxylic acids is 3. The number of likely N-dealkylation sites (N-methyl/N-ethyl adjacent to an activating group) is 1. The van der Waals surface area contributed by atoms with Crippen LogP contribution in [0.5, 0.6) is 0 Å². The third-order valence-electron chi connectivity index (χ3n) is 11.6. The first-order chi connectivity index (χ1) is 26.9. The van der Waals surface area contributed by atoms with E-state index in [4.69, 9.17) is 37.9 Å². The Bertz CT molecular complexity index is 1640. The van der Waals surface area contributed by atoms with Gasteiger partial charge in [0.1, 0.15) is 31.5 Å². The van der Waals surface area contributed by atoms with Gasteiger partial charge in [-0.05, 0) is 43.7 Å². The highest BCUT2D eigenvalue weighted by Gasteiger charge is 2.60. The number of ether oxygens (including phenoxy) is 8. The number of amides is 3. The third kappa shape index (κ3) is 9.07. The van der Waals surface area contributed by atoms with Crippen molar-refractivity contribution in [3.8, 4) is 0 Å². The molecule has 56 heavy (non-hydrogen) atoms. The molecule has 0 aromatic heterocycles. The van der Waals surface area contributed by atoms with Crippen molar-refractivity contribution < 1.29 is 62.5 Å². The van der Waals surface area contributed by atoms with Gasteiger partial charge in [0.15, 0.2) is 25.0 Å². The SMILES string of the molecule is CC1C[C@@H]2OC(O[C@H]3OC(C)[C@@H](C)[C@@H](O)C3O)C3C(OC(=O)N3C)C2O[C@@H]1O[C@H]1CC[C@H](NC(=O)OCc2ccccc2)CC1NC(=O)OCc1ccccc1. The predicted octanol–water partition coefficient (Wildman–Crippen LogP) is 3.56. The van der Waals surface area contributed by atoms with Gasteiger partial charge in [0, 0.05) is 24.9 Å². The largest absolute Gasteiger partial charge is 0.445 e. The molecule has 4 N–H and O–H groups in total. The van der Waals surface area contributed by atoms with Gasteiger partial charge in [-0.25, -0.2) is 14.4 Å². The van der Waals surface area contributed by atoms with Crippen molar-refractivity contribution >= 4 is 18.3 Å². The second kappa shape index (κ2) is 17.6. The number of hydrogen-bond donors (Lipinski definition) is 4. The molecule has 15 atom stereocenters. The highest BCUT2D eigenvalue weighted by Crippen LogP contribution is 2.42. The van der Waals surface area contributed by atoms with Crippen LogP contribution in [0.2, 0.25) is 0 Å². The second-order valence-electron chi connectivity index (χ2n) is 15.6. The first kappa shape index (κ1) is 40.2. The number of fused-ring (bicyclic) bond motifs is 3. The molecular weight excluding hydrogens is 730 g/mol. The van der Waals surface area contributed by atoms with Crippen LogP contribution >= 0.6 is 0 Å². The van der Waals surface area contributed by atoms with E-state index in [1.165, 1.54) is 4.90 Å². The minimum Gasteiger partial charge on any atom is -0.445 e. The van der Waals surface area contributed by atoms with Gasteiger partial charge in [-0.3, -0.25) is 4.90 Å². The van der Waals surface area contributed by atoms with Crippen LogP contribution in [0.1, 0.15) is 57.6 Å². The molecule has 16 heteroatoms. The van der Waals surface area contributed by atoms with Crippen LogP contribution < -0.4 is 10.6 Å². The van der Waals surface area contributed by atoms with E-state index in [0.29, 0.717) is 25.7 Å². The molecule has 0 spiro atoms. The van der Waals surface area contributed by atoms with Crippen LogP contribution in [-0.2, 0) is 51.1 Å². The molecule has 4 heterocycles. The van der Waals surface area contributed by atoms with Crippen molar-refractivity contribution in [1.29, 1.82) is 0 Å².